The van der Waals surface area contributed by atoms with Gasteiger partial charge in [-0.2, -0.15) is 13.2 Å². The van der Waals surface area contributed by atoms with Crippen LogP contribution in [0.4, 0.5) is 13.2 Å². The van der Waals surface area contributed by atoms with Crippen LogP contribution in [0.2, 0.25) is 0 Å². The largest absolute Gasteiger partial charge is 0.459 e. The number of carbonyl (C=O) groups excluding carboxylic acids is 2. The molecule has 0 amide bonds. The molecule has 0 N–H and O–H groups in total. The minimum Gasteiger partial charge on any atom is -0.459 e. The van der Waals surface area contributed by atoms with Gasteiger partial charge in [0.15, 0.2) is 6.61 Å². The summed E-state index contributed by atoms with van der Waals surface area (Å²) >= 11 is 0. The monoisotopic (exact) mass is 396 g/mol. The average Bonchev–Trinajstić information content (AvgIpc) is 2.41. The highest BCUT2D eigenvalue weighted by Gasteiger charge is 2.49. The Kier molecular flexibility index (Phi) is 8.00. The number of hydrogen-bond acceptors (Lipinski definition) is 4. The molecule has 0 saturated heterocycles. The topological polar surface area (TPSA) is 52.6 Å². The van der Waals surface area contributed by atoms with Gasteiger partial charge in [0.05, 0.1) is 11.8 Å². The van der Waals surface area contributed by atoms with Crippen molar-refractivity contribution in [1.82, 2.24) is 0 Å². The van der Waals surface area contributed by atoms with Gasteiger partial charge in [0, 0.05) is 0 Å². The van der Waals surface area contributed by atoms with Crippen molar-refractivity contribution in [3.05, 3.63) is 0 Å². The minimum atomic E-state index is -4.59. The Labute approximate surface area is 161 Å². The van der Waals surface area contributed by atoms with Gasteiger partial charge in [-0.25, -0.2) is 0 Å². The predicted octanol–water partition coefficient (Wildman–Crippen LogP) is 5.68. The number of esters is 2. The highest BCUT2D eigenvalue weighted by molar-refractivity contribution is 5.79. The van der Waals surface area contributed by atoms with Crippen LogP contribution in [-0.2, 0) is 19.1 Å². The smallest absolute Gasteiger partial charge is 0.422 e. The van der Waals surface area contributed by atoms with E-state index in [0.29, 0.717) is 6.42 Å². The maximum atomic E-state index is 13.1. The highest BCUT2D eigenvalue weighted by atomic mass is 19.4. The van der Waals surface area contributed by atoms with Crippen LogP contribution in [0.15, 0.2) is 0 Å². The first-order valence-electron chi connectivity index (χ1n) is 9.20. The van der Waals surface area contributed by atoms with Crippen molar-refractivity contribution in [1.29, 1.82) is 0 Å². The van der Waals surface area contributed by atoms with Crippen LogP contribution < -0.4 is 0 Å². The fourth-order valence-electron chi connectivity index (χ4n) is 2.69. The van der Waals surface area contributed by atoms with E-state index in [1.807, 2.05) is 27.7 Å². The molecule has 7 heteroatoms. The molecule has 0 radical (unpaired) electrons. The Morgan fingerprint density at radius 1 is 0.889 bits per heavy atom. The number of hydrogen-bond donors (Lipinski definition) is 0. The first-order chi connectivity index (χ1) is 11.7. The first-order valence-corrected chi connectivity index (χ1v) is 9.20. The van der Waals surface area contributed by atoms with Gasteiger partial charge >= 0.3 is 18.1 Å². The number of halogens is 3. The summed E-state index contributed by atoms with van der Waals surface area (Å²) in [6.07, 6.45) is -3.59. The molecule has 1 atom stereocenters. The van der Waals surface area contributed by atoms with Crippen LogP contribution in [0.5, 0.6) is 0 Å². The van der Waals surface area contributed by atoms with Crippen molar-refractivity contribution >= 4 is 11.9 Å². The van der Waals surface area contributed by atoms with E-state index in [2.05, 4.69) is 25.5 Å². The van der Waals surface area contributed by atoms with E-state index >= 15 is 0 Å². The van der Waals surface area contributed by atoms with Gasteiger partial charge in [-0.15, -0.1) is 0 Å². The predicted molar refractivity (Wildman–Crippen MR) is 98.1 cm³/mol. The van der Waals surface area contributed by atoms with Crippen molar-refractivity contribution in [2.75, 3.05) is 6.61 Å². The van der Waals surface area contributed by atoms with Crippen LogP contribution in [0.1, 0.15) is 81.6 Å². The molecule has 27 heavy (non-hydrogen) atoms. The molecule has 4 nitrogen and oxygen atoms in total. The van der Waals surface area contributed by atoms with E-state index in [-0.39, 0.29) is 5.41 Å². The molecule has 0 aromatic rings. The van der Waals surface area contributed by atoms with Crippen molar-refractivity contribution in [3.63, 3.8) is 0 Å². The van der Waals surface area contributed by atoms with Crippen molar-refractivity contribution in [2.24, 2.45) is 16.2 Å². The summed E-state index contributed by atoms with van der Waals surface area (Å²) in [5.74, 6) is -1.53. The molecule has 0 aliphatic heterocycles. The Morgan fingerprint density at radius 2 is 1.37 bits per heavy atom. The number of alkyl halides is 3. The van der Waals surface area contributed by atoms with E-state index < -0.39 is 47.6 Å². The normalized spacial score (nSPS) is 15.9. The van der Waals surface area contributed by atoms with Crippen molar-refractivity contribution < 1.29 is 32.2 Å². The lowest BCUT2D eigenvalue weighted by atomic mass is 9.60. The molecule has 0 fully saturated rings. The zero-order valence-corrected chi connectivity index (χ0v) is 18.1. The van der Waals surface area contributed by atoms with E-state index in [1.165, 1.54) is 13.8 Å². The second-order valence-corrected chi connectivity index (χ2v) is 9.88. The Balaban J connectivity index is 5.28. The fraction of sp³-hybridized carbons (Fsp3) is 0.900. The van der Waals surface area contributed by atoms with Gasteiger partial charge in [0.25, 0.3) is 0 Å². The number of rotatable bonds is 8. The lowest BCUT2D eigenvalue weighted by Gasteiger charge is -2.45. The Hall–Kier alpha value is -1.27. The molecular weight excluding hydrogens is 361 g/mol. The molecular formula is C20H35F3O4. The van der Waals surface area contributed by atoms with Gasteiger partial charge in [0.2, 0.25) is 0 Å². The van der Waals surface area contributed by atoms with Crippen LogP contribution in [0.25, 0.3) is 0 Å². The standard InChI is InChI=1S/C20H35F3O4/c1-10-17(5,6)12-19(9,16(2,3)4)15(25)27-18(7,8)11-14(24)26-13-20(21,22)23/h10-13H2,1-9H3. The van der Waals surface area contributed by atoms with Gasteiger partial charge < -0.3 is 9.47 Å². The molecule has 0 aliphatic rings. The summed E-state index contributed by atoms with van der Waals surface area (Å²) < 4.78 is 46.3. The molecule has 0 bridgehead atoms. The van der Waals surface area contributed by atoms with Gasteiger partial charge in [-0.05, 0) is 38.0 Å². The zero-order valence-electron chi connectivity index (χ0n) is 18.1. The molecule has 160 valence electrons. The maximum absolute atomic E-state index is 13.1. The van der Waals surface area contributed by atoms with E-state index in [4.69, 9.17) is 4.74 Å². The maximum Gasteiger partial charge on any atom is 0.422 e. The van der Waals surface area contributed by atoms with Gasteiger partial charge in [-0.1, -0.05) is 48.0 Å². The fourth-order valence-corrected chi connectivity index (χ4v) is 2.69. The van der Waals surface area contributed by atoms with Crippen LogP contribution in [0.3, 0.4) is 0 Å². The van der Waals surface area contributed by atoms with Crippen LogP contribution in [-0.4, -0.2) is 30.3 Å². The molecule has 0 aromatic carbocycles. The second-order valence-electron chi connectivity index (χ2n) is 9.88. The average molecular weight is 396 g/mol. The molecule has 0 saturated carbocycles. The van der Waals surface area contributed by atoms with E-state index in [1.54, 1.807) is 0 Å². The van der Waals surface area contributed by atoms with E-state index in [0.717, 1.165) is 6.42 Å². The Morgan fingerprint density at radius 3 is 1.74 bits per heavy atom. The SMILES string of the molecule is CCC(C)(C)CC(C)(C(=O)OC(C)(C)CC(=O)OCC(F)(F)F)C(C)(C)C. The first kappa shape index (κ1) is 25.7. The van der Waals surface area contributed by atoms with Gasteiger partial charge in [0.1, 0.15) is 5.60 Å². The second kappa shape index (κ2) is 8.39. The highest BCUT2D eigenvalue weighted by Crippen LogP contribution is 2.49. The number of ether oxygens (including phenoxy) is 2. The van der Waals surface area contributed by atoms with Crippen LogP contribution >= 0.6 is 0 Å². The summed E-state index contributed by atoms with van der Waals surface area (Å²) in [6.45, 7) is 15.2. The van der Waals surface area contributed by atoms with Crippen molar-refractivity contribution in [3.8, 4) is 0 Å². The summed E-state index contributed by atoms with van der Waals surface area (Å²) in [4.78, 5) is 24.8. The molecule has 0 aromatic heterocycles. The summed E-state index contributed by atoms with van der Waals surface area (Å²) in [7, 11) is 0. The molecule has 0 aliphatic carbocycles. The third-order valence-electron chi connectivity index (χ3n) is 5.23. The lowest BCUT2D eigenvalue weighted by molar-refractivity contribution is -0.193. The van der Waals surface area contributed by atoms with Crippen LogP contribution in [0, 0.1) is 16.2 Å². The zero-order chi connectivity index (χ0) is 21.9. The Bertz CT molecular complexity index is 530. The summed E-state index contributed by atoms with van der Waals surface area (Å²) in [6, 6.07) is 0. The molecule has 1 unspecified atom stereocenters. The van der Waals surface area contributed by atoms with E-state index in [9.17, 15) is 22.8 Å². The molecule has 0 rings (SSSR count). The third-order valence-corrected chi connectivity index (χ3v) is 5.23. The summed E-state index contributed by atoms with van der Waals surface area (Å²) in [5, 5.41) is 0. The molecule has 0 spiro atoms. The third kappa shape index (κ3) is 8.52. The quantitative estimate of drug-likeness (QED) is 0.495. The van der Waals surface area contributed by atoms with Gasteiger partial charge in [-0.3, -0.25) is 9.59 Å². The minimum absolute atomic E-state index is 0.100. The molecule has 0 heterocycles. The lowest BCUT2D eigenvalue weighted by Crippen LogP contribution is -2.47. The summed E-state index contributed by atoms with van der Waals surface area (Å²) in [5.41, 5.74) is -2.62. The van der Waals surface area contributed by atoms with Crippen molar-refractivity contribution in [2.45, 2.75) is 93.4 Å². The number of carbonyl (C=O) groups is 2.